The van der Waals surface area contributed by atoms with E-state index >= 15 is 0 Å². The van der Waals surface area contributed by atoms with Crippen LogP contribution in [0.25, 0.3) is 0 Å². The minimum Gasteiger partial charge on any atom is -0.498 e. The zero-order valence-electron chi connectivity index (χ0n) is 11.8. The number of rotatable bonds is 7. The topological polar surface area (TPSA) is 114 Å². The van der Waals surface area contributed by atoms with Gasteiger partial charge in [-0.25, -0.2) is 4.79 Å². The minimum atomic E-state index is -1.07. The Balaban J connectivity index is 2.59. The summed E-state index contributed by atoms with van der Waals surface area (Å²) < 4.78 is 19.0. The summed E-state index contributed by atoms with van der Waals surface area (Å²) >= 11 is 0. The maximum absolute atomic E-state index is 11.5. The SMILES string of the molecule is CO/C(C)=C(/COC(=O)Oc1ccc([N+](=O)[O-])cc1)OC=O. The van der Waals surface area contributed by atoms with E-state index in [1.807, 2.05) is 0 Å². The number of benzene rings is 1. The summed E-state index contributed by atoms with van der Waals surface area (Å²) in [5, 5.41) is 10.5. The summed E-state index contributed by atoms with van der Waals surface area (Å²) in [6.07, 6.45) is -1.07. The van der Waals surface area contributed by atoms with Crippen LogP contribution in [0.1, 0.15) is 6.92 Å². The van der Waals surface area contributed by atoms with Crippen molar-refractivity contribution in [3.63, 3.8) is 0 Å². The number of non-ortho nitro benzene ring substituents is 1. The molecule has 0 amide bonds. The molecular weight excluding hydrogens is 298 g/mol. The number of carbonyl (C=O) groups excluding carboxylic acids is 2. The Kier molecular flexibility index (Phi) is 6.35. The van der Waals surface area contributed by atoms with Crippen molar-refractivity contribution in [2.45, 2.75) is 6.92 Å². The molecule has 0 saturated carbocycles. The van der Waals surface area contributed by atoms with Crippen molar-refractivity contribution < 1.29 is 33.5 Å². The molecule has 1 aromatic carbocycles. The highest BCUT2D eigenvalue weighted by molar-refractivity contribution is 5.64. The second kappa shape index (κ2) is 8.25. The van der Waals surface area contributed by atoms with Crippen LogP contribution in [0.3, 0.4) is 0 Å². The Labute approximate surface area is 125 Å². The Morgan fingerprint density at radius 1 is 1.32 bits per heavy atom. The van der Waals surface area contributed by atoms with Gasteiger partial charge in [0.05, 0.1) is 12.0 Å². The van der Waals surface area contributed by atoms with Crippen molar-refractivity contribution in [3.8, 4) is 5.75 Å². The molecule has 0 saturated heterocycles. The summed E-state index contributed by atoms with van der Waals surface area (Å²) in [6, 6.07) is 4.86. The fourth-order valence-electron chi connectivity index (χ4n) is 1.28. The zero-order valence-corrected chi connectivity index (χ0v) is 11.8. The van der Waals surface area contributed by atoms with Crippen molar-refractivity contribution in [1.29, 1.82) is 0 Å². The zero-order chi connectivity index (χ0) is 16.5. The van der Waals surface area contributed by atoms with E-state index in [1.54, 1.807) is 0 Å². The summed E-state index contributed by atoms with van der Waals surface area (Å²) in [7, 11) is 1.36. The van der Waals surface area contributed by atoms with E-state index in [4.69, 9.17) is 14.2 Å². The van der Waals surface area contributed by atoms with Crippen LogP contribution in [0.15, 0.2) is 35.8 Å². The van der Waals surface area contributed by atoms with Crippen molar-refractivity contribution >= 4 is 18.3 Å². The number of hydrogen-bond acceptors (Lipinski definition) is 8. The molecule has 0 radical (unpaired) electrons. The van der Waals surface area contributed by atoms with E-state index < -0.39 is 11.1 Å². The van der Waals surface area contributed by atoms with E-state index in [9.17, 15) is 19.7 Å². The van der Waals surface area contributed by atoms with E-state index in [1.165, 1.54) is 38.3 Å². The maximum Gasteiger partial charge on any atom is 0.514 e. The Hall–Kier alpha value is -3.10. The molecule has 0 aliphatic carbocycles. The van der Waals surface area contributed by atoms with Crippen LogP contribution >= 0.6 is 0 Å². The van der Waals surface area contributed by atoms with Crippen LogP contribution in [0.2, 0.25) is 0 Å². The van der Waals surface area contributed by atoms with Crippen LogP contribution in [0, 0.1) is 10.1 Å². The summed E-state index contributed by atoms with van der Waals surface area (Å²) in [5.41, 5.74) is -0.138. The molecule has 118 valence electrons. The van der Waals surface area contributed by atoms with Crippen LogP contribution in [0.4, 0.5) is 10.5 Å². The molecule has 0 fully saturated rings. The third-order valence-corrected chi connectivity index (χ3v) is 2.46. The average molecular weight is 311 g/mol. The normalized spacial score (nSPS) is 11.0. The summed E-state index contributed by atoms with van der Waals surface area (Å²) in [6.45, 7) is 1.32. The quantitative estimate of drug-likeness (QED) is 0.188. The second-order valence-corrected chi connectivity index (χ2v) is 3.79. The largest absolute Gasteiger partial charge is 0.514 e. The first kappa shape index (κ1) is 17.0. The molecule has 9 heteroatoms. The molecule has 0 unspecified atom stereocenters. The van der Waals surface area contributed by atoms with Crippen LogP contribution in [0.5, 0.6) is 5.75 Å². The molecule has 0 aliphatic rings. The Morgan fingerprint density at radius 3 is 2.45 bits per heavy atom. The molecule has 0 spiro atoms. The lowest BCUT2D eigenvalue weighted by Crippen LogP contribution is -2.14. The third-order valence-electron chi connectivity index (χ3n) is 2.46. The lowest BCUT2D eigenvalue weighted by molar-refractivity contribution is -0.384. The van der Waals surface area contributed by atoms with Gasteiger partial charge in [0.2, 0.25) is 0 Å². The van der Waals surface area contributed by atoms with Gasteiger partial charge in [-0.05, 0) is 19.1 Å². The second-order valence-electron chi connectivity index (χ2n) is 3.79. The summed E-state index contributed by atoms with van der Waals surface area (Å²) in [5.74, 6) is 0.342. The Bertz CT molecular complexity index is 578. The van der Waals surface area contributed by atoms with Gasteiger partial charge in [-0.1, -0.05) is 0 Å². The number of nitro groups is 1. The fraction of sp³-hybridized carbons (Fsp3) is 0.231. The fourth-order valence-corrected chi connectivity index (χ4v) is 1.28. The minimum absolute atomic E-state index is 0.0122. The predicted molar refractivity (Wildman–Crippen MR) is 71.9 cm³/mol. The molecule has 0 heterocycles. The molecule has 0 N–H and O–H groups in total. The third kappa shape index (κ3) is 5.12. The molecule has 1 aromatic rings. The highest BCUT2D eigenvalue weighted by atomic mass is 16.7. The smallest absolute Gasteiger partial charge is 0.498 e. The van der Waals surface area contributed by atoms with E-state index in [0.29, 0.717) is 0 Å². The van der Waals surface area contributed by atoms with Crippen molar-refractivity contribution in [2.24, 2.45) is 0 Å². The monoisotopic (exact) mass is 311 g/mol. The van der Waals surface area contributed by atoms with Crippen molar-refractivity contribution in [3.05, 3.63) is 45.9 Å². The molecule has 0 aromatic heterocycles. The average Bonchev–Trinajstić information content (AvgIpc) is 2.51. The van der Waals surface area contributed by atoms with Gasteiger partial charge in [0, 0.05) is 12.1 Å². The number of allylic oxidation sites excluding steroid dienone is 1. The van der Waals surface area contributed by atoms with E-state index in [-0.39, 0.29) is 36.0 Å². The van der Waals surface area contributed by atoms with Gasteiger partial charge in [-0.3, -0.25) is 14.9 Å². The molecule has 0 aliphatic heterocycles. The molecule has 0 bridgehead atoms. The van der Waals surface area contributed by atoms with E-state index in [0.717, 1.165) is 0 Å². The molecule has 9 nitrogen and oxygen atoms in total. The van der Waals surface area contributed by atoms with Gasteiger partial charge in [0.15, 0.2) is 12.4 Å². The van der Waals surface area contributed by atoms with Crippen LogP contribution in [-0.2, 0) is 19.0 Å². The van der Waals surface area contributed by atoms with Gasteiger partial charge in [-0.2, -0.15) is 0 Å². The number of carbonyl (C=O) groups is 2. The number of nitrogens with zero attached hydrogens (tertiary/aromatic N) is 1. The predicted octanol–water partition coefficient (Wildman–Crippen LogP) is 2.16. The molecule has 0 atom stereocenters. The van der Waals surface area contributed by atoms with Gasteiger partial charge in [0.25, 0.3) is 12.2 Å². The van der Waals surface area contributed by atoms with Gasteiger partial charge in [0.1, 0.15) is 11.5 Å². The van der Waals surface area contributed by atoms with Crippen molar-refractivity contribution in [2.75, 3.05) is 13.7 Å². The number of nitro benzene ring substituents is 1. The summed E-state index contributed by atoms with van der Waals surface area (Å²) in [4.78, 5) is 31.7. The van der Waals surface area contributed by atoms with Crippen molar-refractivity contribution in [1.82, 2.24) is 0 Å². The molecule has 22 heavy (non-hydrogen) atoms. The van der Waals surface area contributed by atoms with Crippen LogP contribution < -0.4 is 4.74 Å². The molecular formula is C13H13NO8. The number of ether oxygens (including phenoxy) is 4. The van der Waals surface area contributed by atoms with Gasteiger partial charge >= 0.3 is 6.16 Å². The first-order valence-corrected chi connectivity index (χ1v) is 5.91. The lowest BCUT2D eigenvalue weighted by Gasteiger charge is -2.09. The van der Waals surface area contributed by atoms with E-state index in [2.05, 4.69) is 4.74 Å². The van der Waals surface area contributed by atoms with Gasteiger partial charge in [-0.15, -0.1) is 0 Å². The molecule has 1 rings (SSSR count). The highest BCUT2D eigenvalue weighted by Gasteiger charge is 2.12. The standard InChI is InChI=1S/C13H13NO8/c1-9(19-2)12(21-8-15)7-20-13(16)22-11-5-3-10(4-6-11)14(17)18/h3-6,8H,7H2,1-2H3/b12-9-. The number of methoxy groups -OCH3 is 1. The number of hydrogen-bond donors (Lipinski definition) is 0. The first-order chi connectivity index (χ1) is 10.5. The highest BCUT2D eigenvalue weighted by Crippen LogP contribution is 2.18. The first-order valence-electron chi connectivity index (χ1n) is 5.91. The van der Waals surface area contributed by atoms with Gasteiger partial charge < -0.3 is 18.9 Å². The van der Waals surface area contributed by atoms with Crippen LogP contribution in [-0.4, -0.2) is 31.3 Å². The maximum atomic E-state index is 11.5. The Morgan fingerprint density at radius 2 is 1.95 bits per heavy atom. The lowest BCUT2D eigenvalue weighted by atomic mass is 10.3.